The first-order chi connectivity index (χ1) is 12.3. The van der Waals surface area contributed by atoms with Crippen molar-refractivity contribution in [2.45, 2.75) is 44.1 Å². The van der Waals surface area contributed by atoms with Gasteiger partial charge in [-0.05, 0) is 37.8 Å². The summed E-state index contributed by atoms with van der Waals surface area (Å²) >= 11 is 5.99. The maximum Gasteiger partial charge on any atom is 0.504 e. The van der Waals surface area contributed by atoms with E-state index < -0.39 is 6.30 Å². The normalized spacial score (nSPS) is 21.4. The van der Waals surface area contributed by atoms with E-state index in [0.717, 1.165) is 25.2 Å². The SMILES string of the molecule is OC1CCC(n2nc(-c3cnn(C(F)(F)F)c3)c3nc(Cl)ccc32)CC1. The molecule has 0 bridgehead atoms. The van der Waals surface area contributed by atoms with Crippen LogP contribution in [-0.4, -0.2) is 35.8 Å². The maximum atomic E-state index is 12.8. The number of nitrogens with zero attached hydrogens (tertiary/aromatic N) is 5. The number of pyridine rings is 1. The minimum Gasteiger partial charge on any atom is -0.393 e. The zero-order chi connectivity index (χ0) is 18.5. The predicted molar refractivity (Wildman–Crippen MR) is 88.6 cm³/mol. The number of rotatable bonds is 2. The van der Waals surface area contributed by atoms with Gasteiger partial charge in [-0.15, -0.1) is 13.2 Å². The summed E-state index contributed by atoms with van der Waals surface area (Å²) in [6.07, 6.45) is -0.107. The van der Waals surface area contributed by atoms with Crippen molar-refractivity contribution in [3.63, 3.8) is 0 Å². The van der Waals surface area contributed by atoms with Gasteiger partial charge in [0.05, 0.1) is 23.9 Å². The van der Waals surface area contributed by atoms with Crippen LogP contribution < -0.4 is 0 Å². The van der Waals surface area contributed by atoms with Crippen LogP contribution in [0.1, 0.15) is 31.7 Å². The lowest BCUT2D eigenvalue weighted by Gasteiger charge is -2.26. The van der Waals surface area contributed by atoms with E-state index in [9.17, 15) is 18.3 Å². The van der Waals surface area contributed by atoms with Gasteiger partial charge in [-0.3, -0.25) is 4.68 Å². The highest BCUT2D eigenvalue weighted by Gasteiger charge is 2.32. The molecule has 0 radical (unpaired) electrons. The van der Waals surface area contributed by atoms with Crippen molar-refractivity contribution in [1.82, 2.24) is 24.5 Å². The van der Waals surface area contributed by atoms with Crippen molar-refractivity contribution >= 4 is 22.6 Å². The van der Waals surface area contributed by atoms with E-state index >= 15 is 0 Å². The molecule has 1 aliphatic rings. The first kappa shape index (κ1) is 17.3. The van der Waals surface area contributed by atoms with Gasteiger partial charge < -0.3 is 5.11 Å². The molecule has 0 atom stereocenters. The van der Waals surface area contributed by atoms with Gasteiger partial charge in [0.2, 0.25) is 0 Å². The highest BCUT2D eigenvalue weighted by Crippen LogP contribution is 2.35. The van der Waals surface area contributed by atoms with Crippen LogP contribution in [0.5, 0.6) is 0 Å². The number of fused-ring (bicyclic) bond motifs is 1. The smallest absolute Gasteiger partial charge is 0.393 e. The molecule has 1 N–H and O–H groups in total. The number of aromatic nitrogens is 5. The van der Waals surface area contributed by atoms with Crippen LogP contribution in [0.15, 0.2) is 24.5 Å². The Morgan fingerprint density at radius 3 is 2.54 bits per heavy atom. The zero-order valence-corrected chi connectivity index (χ0v) is 14.2. The summed E-state index contributed by atoms with van der Waals surface area (Å²) in [5.41, 5.74) is 1.66. The average molecular weight is 386 g/mol. The van der Waals surface area contributed by atoms with Crippen molar-refractivity contribution < 1.29 is 18.3 Å². The molecule has 10 heteroatoms. The molecule has 3 heterocycles. The van der Waals surface area contributed by atoms with E-state index in [1.807, 2.05) is 0 Å². The molecular weight excluding hydrogens is 371 g/mol. The Morgan fingerprint density at radius 1 is 1.15 bits per heavy atom. The monoisotopic (exact) mass is 385 g/mol. The minimum absolute atomic E-state index is 0.0512. The zero-order valence-electron chi connectivity index (χ0n) is 13.5. The summed E-state index contributed by atoms with van der Waals surface area (Å²) in [6.45, 7) is 0. The largest absolute Gasteiger partial charge is 0.504 e. The van der Waals surface area contributed by atoms with E-state index in [0.29, 0.717) is 29.6 Å². The van der Waals surface area contributed by atoms with Crippen molar-refractivity contribution in [2.24, 2.45) is 0 Å². The molecule has 3 aromatic rings. The molecule has 0 amide bonds. The molecule has 1 fully saturated rings. The maximum absolute atomic E-state index is 12.8. The first-order valence-electron chi connectivity index (χ1n) is 8.18. The third-order valence-corrected chi connectivity index (χ3v) is 4.86. The van der Waals surface area contributed by atoms with Crippen molar-refractivity contribution in [3.8, 4) is 11.3 Å². The van der Waals surface area contributed by atoms with E-state index in [1.54, 1.807) is 16.8 Å². The molecule has 4 rings (SSSR count). The Labute approximate surface area is 151 Å². The molecule has 1 saturated carbocycles. The second kappa shape index (κ2) is 6.24. The number of hydrogen-bond acceptors (Lipinski definition) is 4. The number of aliphatic hydroxyl groups excluding tert-OH is 1. The molecule has 0 aliphatic heterocycles. The number of aliphatic hydroxyl groups is 1. The highest BCUT2D eigenvalue weighted by atomic mass is 35.5. The second-order valence-electron chi connectivity index (χ2n) is 6.40. The Morgan fingerprint density at radius 2 is 1.88 bits per heavy atom. The molecule has 0 aromatic carbocycles. The molecule has 138 valence electrons. The van der Waals surface area contributed by atoms with Gasteiger partial charge in [0.15, 0.2) is 0 Å². The molecule has 6 nitrogen and oxygen atoms in total. The Balaban J connectivity index is 1.82. The van der Waals surface area contributed by atoms with Crippen LogP contribution in [-0.2, 0) is 6.30 Å². The van der Waals surface area contributed by atoms with Gasteiger partial charge in [-0.2, -0.15) is 14.9 Å². The van der Waals surface area contributed by atoms with Crippen LogP contribution in [0.25, 0.3) is 22.3 Å². The summed E-state index contributed by atoms with van der Waals surface area (Å²) in [5, 5.41) is 17.9. The molecular formula is C16H15ClF3N5O. The summed E-state index contributed by atoms with van der Waals surface area (Å²) in [4.78, 5) is 4.27. The molecule has 0 saturated heterocycles. The summed E-state index contributed by atoms with van der Waals surface area (Å²) in [5.74, 6) is 0. The molecule has 0 unspecified atom stereocenters. The second-order valence-corrected chi connectivity index (χ2v) is 6.79. The van der Waals surface area contributed by atoms with Gasteiger partial charge in [0.1, 0.15) is 16.4 Å². The lowest BCUT2D eigenvalue weighted by Crippen LogP contribution is -2.21. The Kier molecular flexibility index (Phi) is 4.15. The Hall–Kier alpha value is -2.13. The van der Waals surface area contributed by atoms with Crippen molar-refractivity contribution in [2.75, 3.05) is 0 Å². The number of hydrogen-bond donors (Lipinski definition) is 1. The van der Waals surface area contributed by atoms with Gasteiger partial charge in [0.25, 0.3) is 0 Å². The Bertz CT molecular complexity index is 943. The predicted octanol–water partition coefficient (Wildman–Crippen LogP) is 3.90. The quantitative estimate of drug-likeness (QED) is 0.679. The fourth-order valence-electron chi connectivity index (χ4n) is 3.36. The molecule has 1 aliphatic carbocycles. The third-order valence-electron chi connectivity index (χ3n) is 4.65. The standard InChI is InChI=1S/C16H15ClF3N5O/c17-13-6-5-12-15(22-13)14(9-7-21-24(8-9)16(18,19)20)23-25(12)10-1-3-11(26)4-2-10/h5-8,10-11,26H,1-4H2. The van der Waals surface area contributed by atoms with Crippen LogP contribution in [0.2, 0.25) is 5.15 Å². The van der Waals surface area contributed by atoms with E-state index in [1.165, 1.54) is 0 Å². The van der Waals surface area contributed by atoms with Gasteiger partial charge in [0, 0.05) is 11.8 Å². The molecule has 0 spiro atoms. The minimum atomic E-state index is -4.60. The first-order valence-corrected chi connectivity index (χ1v) is 8.56. The van der Waals surface area contributed by atoms with E-state index in [4.69, 9.17) is 11.6 Å². The van der Waals surface area contributed by atoms with E-state index in [2.05, 4.69) is 15.2 Å². The van der Waals surface area contributed by atoms with E-state index in [-0.39, 0.29) is 27.5 Å². The summed E-state index contributed by atoms with van der Waals surface area (Å²) in [6, 6.07) is 3.44. The van der Waals surface area contributed by atoms with Crippen LogP contribution in [0, 0.1) is 0 Å². The van der Waals surface area contributed by atoms with Gasteiger partial charge in [-0.25, -0.2) is 4.98 Å². The third kappa shape index (κ3) is 3.05. The van der Waals surface area contributed by atoms with Crippen LogP contribution in [0.4, 0.5) is 13.2 Å². The van der Waals surface area contributed by atoms with Gasteiger partial charge in [-0.1, -0.05) is 11.6 Å². The molecule has 3 aromatic heterocycles. The van der Waals surface area contributed by atoms with Crippen LogP contribution in [0.3, 0.4) is 0 Å². The van der Waals surface area contributed by atoms with Crippen molar-refractivity contribution in [3.05, 3.63) is 29.7 Å². The fraction of sp³-hybridized carbons (Fsp3) is 0.438. The number of alkyl halides is 3. The van der Waals surface area contributed by atoms with Gasteiger partial charge >= 0.3 is 6.30 Å². The van der Waals surface area contributed by atoms with Crippen LogP contribution >= 0.6 is 11.6 Å². The number of halogens is 4. The lowest BCUT2D eigenvalue weighted by atomic mass is 9.93. The average Bonchev–Trinajstić information content (AvgIpc) is 3.19. The highest BCUT2D eigenvalue weighted by molar-refractivity contribution is 6.29. The lowest BCUT2D eigenvalue weighted by molar-refractivity contribution is -0.212. The summed E-state index contributed by atoms with van der Waals surface area (Å²) < 4.78 is 40.2. The van der Waals surface area contributed by atoms with Crippen molar-refractivity contribution in [1.29, 1.82) is 0 Å². The fourth-order valence-corrected chi connectivity index (χ4v) is 3.50. The molecule has 26 heavy (non-hydrogen) atoms. The topological polar surface area (TPSA) is 68.8 Å². The summed E-state index contributed by atoms with van der Waals surface area (Å²) in [7, 11) is 0.